The highest BCUT2D eigenvalue weighted by Gasteiger charge is 2.35. The first-order valence-corrected chi connectivity index (χ1v) is 12.2. The molecule has 5 nitrogen and oxygen atoms in total. The van der Waals surface area contributed by atoms with Gasteiger partial charge in [0.2, 0.25) is 0 Å². The Hall–Kier alpha value is -3.99. The fourth-order valence-electron chi connectivity index (χ4n) is 3.74. The van der Waals surface area contributed by atoms with Crippen LogP contribution in [-0.2, 0) is 23.7 Å². The number of pyridine rings is 3. The number of aromatic nitrogens is 3. The van der Waals surface area contributed by atoms with Crippen molar-refractivity contribution in [3.63, 3.8) is 0 Å². The van der Waals surface area contributed by atoms with Crippen molar-refractivity contribution in [2.45, 2.75) is 39.7 Å². The summed E-state index contributed by atoms with van der Waals surface area (Å²) in [5.41, 5.74) is -0.159. The lowest BCUT2D eigenvalue weighted by Crippen LogP contribution is -2.20. The summed E-state index contributed by atoms with van der Waals surface area (Å²) >= 11 is 0. The predicted octanol–water partition coefficient (Wildman–Crippen LogP) is 8.59. The van der Waals surface area contributed by atoms with Crippen molar-refractivity contribution < 1.29 is 31.1 Å². The number of halogens is 6. The molecule has 1 aromatic carbocycles. The zero-order valence-electron chi connectivity index (χ0n) is 21.9. The molecule has 0 fully saturated rings. The van der Waals surface area contributed by atoms with Gasteiger partial charge in [0, 0.05) is 22.7 Å². The van der Waals surface area contributed by atoms with E-state index in [2.05, 4.69) is 26.8 Å². The zero-order chi connectivity index (χ0) is 29.3. The fraction of sp³-hybridized carbons (Fsp3) is 0.276. The van der Waals surface area contributed by atoms with E-state index in [-0.39, 0.29) is 29.1 Å². The zero-order valence-corrected chi connectivity index (χ0v) is 21.9. The van der Waals surface area contributed by atoms with Gasteiger partial charge in [-0.3, -0.25) is 4.98 Å². The minimum absolute atomic E-state index is 0.0325. The second kappa shape index (κ2) is 10.9. The molecule has 0 saturated carbocycles. The van der Waals surface area contributed by atoms with Crippen molar-refractivity contribution in [3.05, 3.63) is 89.8 Å². The number of nitrogens with zero attached hydrogens (tertiary/aromatic N) is 3. The Morgan fingerprint density at radius 2 is 1.62 bits per heavy atom. The lowest BCUT2D eigenvalue weighted by atomic mass is 9.87. The first-order chi connectivity index (χ1) is 18.6. The third-order valence-electron chi connectivity index (χ3n) is 6.44. The molecule has 11 heteroatoms. The third kappa shape index (κ3) is 6.59. The molecule has 0 spiro atoms. The van der Waals surface area contributed by atoms with Crippen LogP contribution in [-0.4, -0.2) is 21.6 Å². The van der Waals surface area contributed by atoms with Gasteiger partial charge < -0.3 is 10.1 Å². The number of nitrogens with one attached hydrogen (secondary N) is 1. The van der Waals surface area contributed by atoms with Gasteiger partial charge in [0.1, 0.15) is 5.69 Å². The van der Waals surface area contributed by atoms with Gasteiger partial charge in [0.05, 0.1) is 41.4 Å². The lowest BCUT2D eigenvalue weighted by Gasteiger charge is -2.24. The molecule has 0 atom stereocenters. The largest absolute Gasteiger partial charge is 0.418 e. The van der Waals surface area contributed by atoms with Gasteiger partial charge in [-0.1, -0.05) is 26.0 Å². The molecule has 1 N–H and O–H groups in total. The summed E-state index contributed by atoms with van der Waals surface area (Å²) in [6.07, 6.45) is -7.88. The highest BCUT2D eigenvalue weighted by Crippen LogP contribution is 2.37. The van der Waals surface area contributed by atoms with Crippen LogP contribution in [0.3, 0.4) is 0 Å². The minimum atomic E-state index is -4.64. The van der Waals surface area contributed by atoms with Crippen molar-refractivity contribution in [2.75, 3.05) is 11.9 Å². The predicted molar refractivity (Wildman–Crippen MR) is 141 cm³/mol. The highest BCUT2D eigenvalue weighted by molar-refractivity contribution is 5.92. The van der Waals surface area contributed by atoms with Gasteiger partial charge in [-0.25, -0.2) is 9.97 Å². The molecule has 0 aliphatic rings. The van der Waals surface area contributed by atoms with Crippen molar-refractivity contribution in [2.24, 2.45) is 5.41 Å². The summed E-state index contributed by atoms with van der Waals surface area (Å²) in [6.45, 7) is 10.2. The average Bonchev–Trinajstić information content (AvgIpc) is 2.87. The topological polar surface area (TPSA) is 59.9 Å². The summed E-state index contributed by atoms with van der Waals surface area (Å²) in [5, 5.41) is 3.52. The quantitative estimate of drug-likeness (QED) is 0.173. The van der Waals surface area contributed by atoms with E-state index >= 15 is 0 Å². The van der Waals surface area contributed by atoms with Crippen LogP contribution < -0.4 is 5.32 Å². The molecule has 3 aromatic heterocycles. The van der Waals surface area contributed by atoms with Crippen molar-refractivity contribution >= 4 is 22.4 Å². The Kier molecular flexibility index (Phi) is 7.89. The molecule has 4 aromatic rings. The Morgan fingerprint density at radius 1 is 0.925 bits per heavy atom. The molecule has 0 amide bonds. The average molecular weight is 561 g/mol. The fourth-order valence-corrected chi connectivity index (χ4v) is 3.74. The van der Waals surface area contributed by atoms with E-state index in [0.29, 0.717) is 29.1 Å². The smallest absolute Gasteiger partial charge is 0.374 e. The number of hydrogen-bond acceptors (Lipinski definition) is 5. The third-order valence-corrected chi connectivity index (χ3v) is 6.44. The van der Waals surface area contributed by atoms with Crippen LogP contribution in [0.5, 0.6) is 0 Å². The number of anilines is 2. The maximum absolute atomic E-state index is 13.6. The number of hydrogen-bond donors (Lipinski definition) is 1. The molecule has 4 rings (SSSR count). The monoisotopic (exact) mass is 560 g/mol. The van der Waals surface area contributed by atoms with Gasteiger partial charge in [0.15, 0.2) is 5.65 Å². The van der Waals surface area contributed by atoms with Crippen LogP contribution in [0.25, 0.3) is 22.4 Å². The van der Waals surface area contributed by atoms with Crippen LogP contribution in [0.4, 0.5) is 37.7 Å². The van der Waals surface area contributed by atoms with Gasteiger partial charge in [-0.05, 0) is 61.5 Å². The van der Waals surface area contributed by atoms with Crippen molar-refractivity contribution in [3.8, 4) is 11.4 Å². The first kappa shape index (κ1) is 29.0. The van der Waals surface area contributed by atoms with Crippen LogP contribution in [0.15, 0.2) is 72.9 Å². The van der Waals surface area contributed by atoms with E-state index in [1.807, 2.05) is 20.8 Å². The molecule has 0 aliphatic heterocycles. The second-order valence-corrected chi connectivity index (χ2v) is 9.98. The summed E-state index contributed by atoms with van der Waals surface area (Å²) in [7, 11) is 0. The van der Waals surface area contributed by atoms with Crippen molar-refractivity contribution in [1.29, 1.82) is 0 Å². The Morgan fingerprint density at radius 3 is 2.25 bits per heavy atom. The van der Waals surface area contributed by atoms with E-state index in [1.54, 1.807) is 12.1 Å². The molecule has 40 heavy (non-hydrogen) atoms. The van der Waals surface area contributed by atoms with Crippen LogP contribution in [0.1, 0.15) is 37.6 Å². The number of fused-ring (bicyclic) bond motifs is 1. The van der Waals surface area contributed by atoms with E-state index in [9.17, 15) is 26.3 Å². The number of alkyl halides is 6. The van der Waals surface area contributed by atoms with Gasteiger partial charge >= 0.3 is 12.4 Å². The molecular formula is C29H26F6N4O. The van der Waals surface area contributed by atoms with Gasteiger partial charge in [-0.2, -0.15) is 26.3 Å². The Balaban J connectivity index is 1.76. The maximum atomic E-state index is 13.6. The van der Waals surface area contributed by atoms with Crippen LogP contribution >= 0.6 is 0 Å². The van der Waals surface area contributed by atoms with Crippen LogP contribution in [0.2, 0.25) is 0 Å². The van der Waals surface area contributed by atoms with E-state index < -0.39 is 23.5 Å². The lowest BCUT2D eigenvalue weighted by molar-refractivity contribution is -0.138. The Labute approximate surface area is 227 Å². The molecule has 0 radical (unpaired) electrons. The normalized spacial score (nSPS) is 12.5. The van der Waals surface area contributed by atoms with Crippen LogP contribution in [0, 0.1) is 5.41 Å². The SMILES string of the molecule is C=C(C)C(C)(C)COCc1cc(Nc2ccc(C(F)(F)F)cc2)c2ccc(-c3ncccc3C(F)(F)F)nc2n1. The van der Waals surface area contributed by atoms with E-state index in [1.165, 1.54) is 30.5 Å². The van der Waals surface area contributed by atoms with Gasteiger partial charge in [-0.15, -0.1) is 0 Å². The molecule has 0 unspecified atom stereocenters. The molecular weight excluding hydrogens is 534 g/mol. The second-order valence-electron chi connectivity index (χ2n) is 9.98. The highest BCUT2D eigenvalue weighted by atomic mass is 19.4. The summed E-state index contributed by atoms with van der Waals surface area (Å²) in [4.78, 5) is 12.8. The molecule has 0 aliphatic carbocycles. The minimum Gasteiger partial charge on any atom is -0.374 e. The summed E-state index contributed by atoms with van der Waals surface area (Å²) < 4.78 is 85.8. The van der Waals surface area contributed by atoms with Gasteiger partial charge in [0.25, 0.3) is 0 Å². The Bertz CT molecular complexity index is 1530. The maximum Gasteiger partial charge on any atom is 0.418 e. The molecule has 0 bridgehead atoms. The number of ether oxygens (including phenoxy) is 1. The summed E-state index contributed by atoms with van der Waals surface area (Å²) in [6, 6.07) is 11.2. The van der Waals surface area contributed by atoms with Crippen molar-refractivity contribution in [1.82, 2.24) is 15.0 Å². The summed E-state index contributed by atoms with van der Waals surface area (Å²) in [5.74, 6) is 0. The molecule has 3 heterocycles. The van der Waals surface area contributed by atoms with E-state index in [4.69, 9.17) is 4.74 Å². The van der Waals surface area contributed by atoms with E-state index in [0.717, 1.165) is 23.8 Å². The first-order valence-electron chi connectivity index (χ1n) is 12.2. The standard InChI is InChI=1S/C29H26F6N4O/c1-17(2)27(3,4)16-40-15-20-14-24(37-19-9-7-18(8-10-19)28(30,31)32)21-11-12-23(39-26(21)38-20)25-22(29(33,34)35)6-5-13-36-25/h5-14H,1,15-16H2,2-4H3,(H,37,38,39). The molecule has 210 valence electrons. The molecule has 0 saturated heterocycles. The number of rotatable bonds is 8. The number of benzene rings is 1.